The predicted molar refractivity (Wildman–Crippen MR) is 143 cm³/mol. The van der Waals surface area contributed by atoms with E-state index in [1.807, 2.05) is 43.3 Å². The summed E-state index contributed by atoms with van der Waals surface area (Å²) in [5, 5.41) is 15.9. The molecular formula is C28H29N3O4Se. The zero-order valence-electron chi connectivity index (χ0n) is 20.4. The summed E-state index contributed by atoms with van der Waals surface area (Å²) in [6, 6.07) is 12.9. The van der Waals surface area contributed by atoms with Gasteiger partial charge in [-0.05, 0) is 0 Å². The summed E-state index contributed by atoms with van der Waals surface area (Å²) in [7, 11) is 1.51. The fourth-order valence-electron chi connectivity index (χ4n) is 4.75. The van der Waals surface area contributed by atoms with Gasteiger partial charge in [0.05, 0.1) is 0 Å². The number of aryl methyl sites for hydroxylation is 1. The second-order valence-corrected chi connectivity index (χ2v) is 11.8. The fourth-order valence-corrected chi connectivity index (χ4v) is 6.78. The van der Waals surface area contributed by atoms with E-state index in [1.54, 1.807) is 12.1 Å². The van der Waals surface area contributed by atoms with Crippen LogP contribution in [0.5, 0.6) is 11.5 Å². The molecule has 2 amide bonds. The average Bonchev–Trinajstić information content (AvgIpc) is 3.59. The zero-order chi connectivity index (χ0) is 25.2. The van der Waals surface area contributed by atoms with Gasteiger partial charge < -0.3 is 0 Å². The Bertz CT molecular complexity index is 1350. The molecule has 8 heteroatoms. The Morgan fingerprint density at radius 2 is 1.92 bits per heavy atom. The number of likely N-dealkylation sites (tertiary alicyclic amines) is 1. The number of phenols is 1. The number of phenolic OH excluding ortho intramolecular Hbond substituents is 1. The molecule has 1 aromatic heterocycles. The summed E-state index contributed by atoms with van der Waals surface area (Å²) < 4.78 is 7.30. The van der Waals surface area contributed by atoms with Crippen molar-refractivity contribution in [3.05, 3.63) is 62.5 Å². The van der Waals surface area contributed by atoms with Gasteiger partial charge in [-0.25, -0.2) is 0 Å². The number of amides is 2. The van der Waals surface area contributed by atoms with Gasteiger partial charge in [-0.2, -0.15) is 0 Å². The molecule has 2 aliphatic rings. The molecule has 3 heterocycles. The van der Waals surface area contributed by atoms with Crippen molar-refractivity contribution < 1.29 is 19.4 Å². The number of benzene rings is 2. The molecule has 0 saturated carbocycles. The maximum atomic E-state index is 12.8. The Balaban J connectivity index is 1.34. The third-order valence-corrected chi connectivity index (χ3v) is 8.79. The number of carbonyl (C=O) groups is 2. The maximum absolute atomic E-state index is 12.8. The van der Waals surface area contributed by atoms with E-state index in [2.05, 4.69) is 15.5 Å². The van der Waals surface area contributed by atoms with Crippen LogP contribution in [0.15, 0.2) is 42.5 Å². The zero-order valence-corrected chi connectivity index (χ0v) is 22.1. The summed E-state index contributed by atoms with van der Waals surface area (Å²) >= 11 is 0.000192. The molecule has 0 atom stereocenters. The Morgan fingerprint density at radius 1 is 1.17 bits per heavy atom. The van der Waals surface area contributed by atoms with Crippen molar-refractivity contribution in [1.82, 2.24) is 10.2 Å². The molecule has 0 unspecified atom stereocenters. The molecule has 0 radical (unpaired) electrons. The number of methoxy groups -OCH3 is 1. The van der Waals surface area contributed by atoms with Crippen molar-refractivity contribution in [2.24, 2.45) is 0 Å². The number of nitrogens with one attached hydrogen (secondary N) is 2. The van der Waals surface area contributed by atoms with Crippen molar-refractivity contribution in [1.29, 1.82) is 0 Å². The van der Waals surface area contributed by atoms with Crippen LogP contribution < -0.4 is 15.4 Å². The molecule has 1 saturated heterocycles. The van der Waals surface area contributed by atoms with Gasteiger partial charge in [0.15, 0.2) is 0 Å². The normalized spacial score (nSPS) is 16.3. The van der Waals surface area contributed by atoms with E-state index in [1.165, 1.54) is 20.0 Å². The summed E-state index contributed by atoms with van der Waals surface area (Å²) in [6.07, 6.45) is 4.40. The first-order valence-corrected chi connectivity index (χ1v) is 13.8. The molecule has 3 aromatic rings. The minimum absolute atomic E-state index is 0.000192. The number of nitrogens with zero attached hydrogens (tertiary/aromatic N) is 1. The third-order valence-electron chi connectivity index (χ3n) is 6.70. The van der Waals surface area contributed by atoms with Gasteiger partial charge in [0, 0.05) is 0 Å². The van der Waals surface area contributed by atoms with Gasteiger partial charge in [-0.15, -0.1) is 0 Å². The van der Waals surface area contributed by atoms with Crippen LogP contribution in [0, 0.1) is 6.92 Å². The SMILES string of the molecule is COc1cc(-c2ccc3c(c2)NC(=O)/C3=C\c2cc(C(=O)NCCN3CCCC3)c(C)[se]2)ccc1O. The molecule has 3 N–H and O–H groups in total. The number of ether oxygens (including phenoxy) is 1. The van der Waals surface area contributed by atoms with Crippen LogP contribution in [-0.4, -0.2) is 69.6 Å². The fraction of sp³-hybridized carbons (Fsp3) is 0.286. The van der Waals surface area contributed by atoms with Crippen LogP contribution in [0.3, 0.4) is 0 Å². The van der Waals surface area contributed by atoms with Crippen molar-refractivity contribution in [2.45, 2.75) is 19.8 Å². The molecule has 0 bridgehead atoms. The number of fused-ring (bicyclic) bond motifs is 1. The molecule has 0 aliphatic carbocycles. The van der Waals surface area contributed by atoms with Crippen LogP contribution in [0.2, 0.25) is 0 Å². The summed E-state index contributed by atoms with van der Waals surface area (Å²) in [6.45, 7) is 5.77. The number of rotatable bonds is 7. The Morgan fingerprint density at radius 3 is 2.69 bits per heavy atom. The molecule has 186 valence electrons. The van der Waals surface area contributed by atoms with E-state index >= 15 is 0 Å². The van der Waals surface area contributed by atoms with Crippen LogP contribution in [0.1, 0.15) is 37.6 Å². The summed E-state index contributed by atoms with van der Waals surface area (Å²) in [5.41, 5.74) is 4.69. The Kier molecular flexibility index (Phi) is 7.01. The van der Waals surface area contributed by atoms with E-state index in [0.29, 0.717) is 17.9 Å². The van der Waals surface area contributed by atoms with Crippen molar-refractivity contribution in [3.8, 4) is 22.6 Å². The Hall–Kier alpha value is -3.32. The van der Waals surface area contributed by atoms with Gasteiger partial charge in [0.1, 0.15) is 0 Å². The van der Waals surface area contributed by atoms with Crippen LogP contribution in [0.25, 0.3) is 22.8 Å². The first kappa shape index (κ1) is 24.4. The predicted octanol–water partition coefficient (Wildman–Crippen LogP) is 3.75. The molecule has 2 aromatic carbocycles. The summed E-state index contributed by atoms with van der Waals surface area (Å²) in [4.78, 5) is 28.0. The number of anilines is 1. The van der Waals surface area contributed by atoms with Gasteiger partial charge in [-0.3, -0.25) is 0 Å². The molecule has 36 heavy (non-hydrogen) atoms. The molecule has 5 rings (SSSR count). The monoisotopic (exact) mass is 551 g/mol. The van der Waals surface area contributed by atoms with E-state index in [-0.39, 0.29) is 32.1 Å². The number of hydrogen-bond donors (Lipinski definition) is 3. The minimum atomic E-state index is -0.150. The molecular weight excluding hydrogens is 521 g/mol. The average molecular weight is 551 g/mol. The molecule has 1 fully saturated rings. The Labute approximate surface area is 216 Å². The van der Waals surface area contributed by atoms with E-state index < -0.39 is 0 Å². The first-order valence-electron chi connectivity index (χ1n) is 12.1. The number of aromatic hydroxyl groups is 1. The quantitative estimate of drug-likeness (QED) is 0.308. The van der Waals surface area contributed by atoms with Crippen LogP contribution in [0.4, 0.5) is 5.69 Å². The standard InChI is InChI=1S/C28H29N3O4Se/c1-17-22(27(33)29-9-12-31-10-3-4-11-31)15-20(36-17)16-23-21-7-5-18(13-24(21)30-28(23)34)19-6-8-25(32)26(14-19)35-2/h5-8,13-16,32H,3-4,9-12H2,1-2H3,(H,29,33)(H,30,34)/b23-16-. The van der Waals surface area contributed by atoms with Crippen molar-refractivity contribution in [2.75, 3.05) is 38.6 Å². The van der Waals surface area contributed by atoms with Crippen LogP contribution in [-0.2, 0) is 4.79 Å². The van der Waals surface area contributed by atoms with Gasteiger partial charge >= 0.3 is 217 Å². The molecule has 2 aliphatic heterocycles. The number of carbonyl (C=O) groups excluding carboxylic acids is 2. The third kappa shape index (κ3) is 4.98. The van der Waals surface area contributed by atoms with Crippen molar-refractivity contribution in [3.63, 3.8) is 0 Å². The topological polar surface area (TPSA) is 90.9 Å². The second-order valence-electron chi connectivity index (χ2n) is 9.08. The second kappa shape index (κ2) is 10.3. The van der Waals surface area contributed by atoms with E-state index in [9.17, 15) is 14.7 Å². The molecule has 7 nitrogen and oxygen atoms in total. The first-order chi connectivity index (χ1) is 17.4. The van der Waals surface area contributed by atoms with E-state index in [0.717, 1.165) is 56.5 Å². The van der Waals surface area contributed by atoms with Gasteiger partial charge in [-0.1, -0.05) is 0 Å². The summed E-state index contributed by atoms with van der Waals surface area (Å²) in [5.74, 6) is 0.290. The van der Waals surface area contributed by atoms with Gasteiger partial charge in [0.2, 0.25) is 0 Å². The molecule has 0 spiro atoms. The van der Waals surface area contributed by atoms with Crippen molar-refractivity contribution >= 4 is 43.7 Å². The van der Waals surface area contributed by atoms with Gasteiger partial charge in [0.25, 0.3) is 0 Å². The van der Waals surface area contributed by atoms with Crippen LogP contribution >= 0.6 is 0 Å². The van der Waals surface area contributed by atoms with E-state index in [4.69, 9.17) is 4.74 Å². The number of hydrogen-bond acceptors (Lipinski definition) is 5.